The second-order valence-corrected chi connectivity index (χ2v) is 3.41. The molecule has 2 atom stereocenters. The average Bonchev–Trinajstić information content (AvgIpc) is 2.29. The molecule has 90 valence electrons. The van der Waals surface area contributed by atoms with Gasteiger partial charge in [-0.3, -0.25) is 0 Å². The molecule has 4 nitrogen and oxygen atoms in total. The summed E-state index contributed by atoms with van der Waals surface area (Å²) in [6.07, 6.45) is -2.59. The van der Waals surface area contributed by atoms with E-state index in [1.807, 2.05) is 0 Å². The Morgan fingerprint density at radius 1 is 1.38 bits per heavy atom. The highest BCUT2D eigenvalue weighted by Crippen LogP contribution is 2.25. The third-order valence-electron chi connectivity index (χ3n) is 2.31. The smallest absolute Gasteiger partial charge is 0.129 e. The van der Waals surface area contributed by atoms with Crippen molar-refractivity contribution in [3.8, 4) is 5.75 Å². The molecular formula is C11H15FO4. The Hall–Kier alpha value is -1.17. The van der Waals surface area contributed by atoms with Gasteiger partial charge in [0.05, 0.1) is 13.2 Å². The Labute approximate surface area is 92.9 Å². The highest BCUT2D eigenvalue weighted by Gasteiger charge is 2.21. The summed E-state index contributed by atoms with van der Waals surface area (Å²) >= 11 is 0. The molecule has 5 heteroatoms. The van der Waals surface area contributed by atoms with Gasteiger partial charge in [0.15, 0.2) is 0 Å². The second-order valence-electron chi connectivity index (χ2n) is 3.41. The zero-order chi connectivity index (χ0) is 12.1. The number of methoxy groups -OCH3 is 1. The highest BCUT2D eigenvalue weighted by molar-refractivity contribution is 5.31. The maximum absolute atomic E-state index is 13.4. The molecule has 2 unspecified atom stereocenters. The van der Waals surface area contributed by atoms with E-state index < -0.39 is 18.0 Å². The molecule has 0 aliphatic carbocycles. The molecule has 0 saturated heterocycles. The number of halogens is 1. The van der Waals surface area contributed by atoms with Crippen molar-refractivity contribution >= 4 is 0 Å². The number of rotatable bonds is 5. The first-order valence-electron chi connectivity index (χ1n) is 4.90. The van der Waals surface area contributed by atoms with Crippen LogP contribution in [-0.4, -0.2) is 35.1 Å². The van der Waals surface area contributed by atoms with Crippen molar-refractivity contribution in [2.24, 2.45) is 0 Å². The van der Waals surface area contributed by atoms with E-state index in [4.69, 9.17) is 9.84 Å². The molecule has 16 heavy (non-hydrogen) atoms. The number of hydrogen-bond donors (Lipinski definition) is 3. The molecule has 0 saturated carbocycles. The van der Waals surface area contributed by atoms with Gasteiger partial charge in [0.25, 0.3) is 0 Å². The van der Waals surface area contributed by atoms with Gasteiger partial charge in [0, 0.05) is 12.2 Å². The molecule has 0 bridgehead atoms. The van der Waals surface area contributed by atoms with Gasteiger partial charge < -0.3 is 20.1 Å². The Morgan fingerprint density at radius 3 is 2.62 bits per heavy atom. The van der Waals surface area contributed by atoms with Gasteiger partial charge >= 0.3 is 0 Å². The van der Waals surface area contributed by atoms with E-state index in [1.54, 1.807) is 0 Å². The van der Waals surface area contributed by atoms with Crippen LogP contribution in [0.1, 0.15) is 18.1 Å². The van der Waals surface area contributed by atoms with Crippen LogP contribution in [0, 0.1) is 5.82 Å². The van der Waals surface area contributed by atoms with Crippen molar-refractivity contribution in [2.75, 3.05) is 13.7 Å². The molecule has 0 aliphatic rings. The van der Waals surface area contributed by atoms with Crippen molar-refractivity contribution in [1.29, 1.82) is 0 Å². The van der Waals surface area contributed by atoms with Crippen LogP contribution in [-0.2, 0) is 0 Å². The van der Waals surface area contributed by atoms with Crippen molar-refractivity contribution in [3.63, 3.8) is 0 Å². The molecule has 0 amide bonds. The second kappa shape index (κ2) is 5.79. The van der Waals surface area contributed by atoms with Crippen LogP contribution in [0.15, 0.2) is 18.2 Å². The van der Waals surface area contributed by atoms with Gasteiger partial charge in [0.1, 0.15) is 17.7 Å². The lowest BCUT2D eigenvalue weighted by Crippen LogP contribution is -2.20. The minimum atomic E-state index is -1.37. The van der Waals surface area contributed by atoms with E-state index in [-0.39, 0.29) is 18.6 Å². The predicted molar refractivity (Wildman–Crippen MR) is 55.6 cm³/mol. The van der Waals surface area contributed by atoms with Crippen LogP contribution in [0.3, 0.4) is 0 Å². The van der Waals surface area contributed by atoms with E-state index in [9.17, 15) is 14.6 Å². The number of hydrogen-bond acceptors (Lipinski definition) is 4. The summed E-state index contributed by atoms with van der Waals surface area (Å²) in [5, 5.41) is 27.7. The summed E-state index contributed by atoms with van der Waals surface area (Å²) < 4.78 is 18.3. The first-order chi connectivity index (χ1) is 7.60. The third-order valence-corrected chi connectivity index (χ3v) is 2.31. The summed E-state index contributed by atoms with van der Waals surface area (Å²) in [4.78, 5) is 0. The van der Waals surface area contributed by atoms with Gasteiger partial charge in [-0.2, -0.15) is 0 Å². The standard InChI is InChI=1S/C11H15FO4/c1-16-7-2-3-9(12)8(6-7)11(15)10(14)4-5-13/h2-3,6,10-11,13-15H,4-5H2,1H3. The normalized spacial score (nSPS) is 14.6. The largest absolute Gasteiger partial charge is 0.497 e. The third kappa shape index (κ3) is 2.91. The summed E-state index contributed by atoms with van der Waals surface area (Å²) in [6, 6.07) is 3.90. The molecule has 0 fully saturated rings. The number of ether oxygens (including phenoxy) is 1. The van der Waals surface area contributed by atoms with Crippen molar-refractivity contribution < 1.29 is 24.4 Å². The Morgan fingerprint density at radius 2 is 2.06 bits per heavy atom. The van der Waals surface area contributed by atoms with Gasteiger partial charge in [-0.25, -0.2) is 4.39 Å². The van der Waals surface area contributed by atoms with E-state index in [0.29, 0.717) is 5.75 Å². The summed E-state index contributed by atoms with van der Waals surface area (Å²) in [5.41, 5.74) is -0.0414. The fourth-order valence-corrected chi connectivity index (χ4v) is 1.37. The first kappa shape index (κ1) is 12.9. The zero-order valence-electron chi connectivity index (χ0n) is 8.93. The maximum atomic E-state index is 13.4. The SMILES string of the molecule is COc1ccc(F)c(C(O)C(O)CCO)c1. The zero-order valence-corrected chi connectivity index (χ0v) is 8.93. The molecule has 1 rings (SSSR count). The van der Waals surface area contributed by atoms with Gasteiger partial charge in [0.2, 0.25) is 0 Å². The van der Waals surface area contributed by atoms with Gasteiger partial charge in [-0.15, -0.1) is 0 Å². The molecule has 1 aromatic rings. The minimum absolute atomic E-state index is 0.0161. The molecule has 0 heterocycles. The van der Waals surface area contributed by atoms with Crippen LogP contribution in [0.2, 0.25) is 0 Å². The first-order valence-corrected chi connectivity index (χ1v) is 4.90. The van der Waals surface area contributed by atoms with Crippen LogP contribution in [0.4, 0.5) is 4.39 Å². The Bertz CT molecular complexity index is 343. The Balaban J connectivity index is 2.92. The van der Waals surface area contributed by atoms with Crippen molar-refractivity contribution in [3.05, 3.63) is 29.6 Å². The van der Waals surface area contributed by atoms with Crippen molar-refractivity contribution in [1.82, 2.24) is 0 Å². The molecule has 0 spiro atoms. The Kier molecular flexibility index (Phi) is 4.67. The minimum Gasteiger partial charge on any atom is -0.497 e. The van der Waals surface area contributed by atoms with Crippen LogP contribution in [0.5, 0.6) is 5.75 Å². The maximum Gasteiger partial charge on any atom is 0.129 e. The molecule has 0 radical (unpaired) electrons. The monoisotopic (exact) mass is 230 g/mol. The fraction of sp³-hybridized carbons (Fsp3) is 0.455. The summed E-state index contributed by atoms with van der Waals surface area (Å²) in [7, 11) is 1.42. The quantitative estimate of drug-likeness (QED) is 0.693. The molecule has 1 aromatic carbocycles. The summed E-state index contributed by atoms with van der Waals surface area (Å²) in [6.45, 7) is -0.274. The van der Waals surface area contributed by atoms with Crippen LogP contribution < -0.4 is 4.74 Å². The number of benzene rings is 1. The molecular weight excluding hydrogens is 215 g/mol. The lowest BCUT2D eigenvalue weighted by Gasteiger charge is -2.18. The highest BCUT2D eigenvalue weighted by atomic mass is 19.1. The lowest BCUT2D eigenvalue weighted by atomic mass is 10.0. The lowest BCUT2D eigenvalue weighted by molar-refractivity contribution is 0.00227. The van der Waals surface area contributed by atoms with E-state index >= 15 is 0 Å². The molecule has 3 N–H and O–H groups in total. The number of aliphatic hydroxyl groups excluding tert-OH is 3. The fourth-order valence-electron chi connectivity index (χ4n) is 1.37. The van der Waals surface area contributed by atoms with Gasteiger partial charge in [-0.05, 0) is 24.6 Å². The average molecular weight is 230 g/mol. The predicted octanol–water partition coefficient (Wildman–Crippen LogP) is 0.611. The molecule has 0 aliphatic heterocycles. The summed E-state index contributed by atoms with van der Waals surface area (Å²) in [5.74, 6) is -0.225. The van der Waals surface area contributed by atoms with E-state index in [1.165, 1.54) is 19.2 Å². The van der Waals surface area contributed by atoms with E-state index in [2.05, 4.69) is 0 Å². The van der Waals surface area contributed by atoms with Crippen LogP contribution >= 0.6 is 0 Å². The molecule has 0 aromatic heterocycles. The number of aliphatic hydroxyl groups is 3. The van der Waals surface area contributed by atoms with Gasteiger partial charge in [-0.1, -0.05) is 0 Å². The van der Waals surface area contributed by atoms with Crippen molar-refractivity contribution in [2.45, 2.75) is 18.6 Å². The van der Waals surface area contributed by atoms with E-state index in [0.717, 1.165) is 6.07 Å². The van der Waals surface area contributed by atoms with Crippen LogP contribution in [0.25, 0.3) is 0 Å². The topological polar surface area (TPSA) is 69.9 Å².